The van der Waals surface area contributed by atoms with Crippen molar-refractivity contribution in [2.24, 2.45) is 5.41 Å². The van der Waals surface area contributed by atoms with Crippen molar-refractivity contribution in [3.63, 3.8) is 0 Å². The number of alkyl halides is 3. The molecule has 1 aliphatic carbocycles. The fourth-order valence-corrected chi connectivity index (χ4v) is 3.46. The first-order valence-electron chi connectivity index (χ1n) is 9.29. The molecular weight excluding hydrogens is 392 g/mol. The van der Waals surface area contributed by atoms with Crippen molar-refractivity contribution in [1.29, 1.82) is 0 Å². The second-order valence-electron chi connectivity index (χ2n) is 8.19. The molecule has 0 radical (unpaired) electrons. The number of nitrogens with one attached hydrogen (secondary N) is 3. The van der Waals surface area contributed by atoms with Gasteiger partial charge in [0.15, 0.2) is 0 Å². The van der Waals surface area contributed by atoms with Crippen molar-refractivity contribution in [2.45, 2.75) is 50.7 Å². The van der Waals surface area contributed by atoms with E-state index >= 15 is 0 Å². The second-order valence-corrected chi connectivity index (χ2v) is 8.19. The average molecular weight is 416 g/mol. The van der Waals surface area contributed by atoms with Crippen LogP contribution in [-0.2, 0) is 15.8 Å². The standard InChI is InChI=1S/C19H24F4N4O2/c1-18(6-7-18)15(10-4-5-11(12(20)8-10)19(21,22)23)26-16(29)13-9-14(28)25-17(24-13)27(2)3/h4-5,8,13,15,17,24H,6-7,9H2,1-3H3,(H,25,28)(H,26,29)/t13?,15-,17?/m0/s1. The second kappa shape index (κ2) is 7.56. The van der Waals surface area contributed by atoms with Crippen LogP contribution in [0.3, 0.4) is 0 Å². The Labute approximate surface area is 166 Å². The summed E-state index contributed by atoms with van der Waals surface area (Å²) in [5.41, 5.74) is -1.44. The van der Waals surface area contributed by atoms with E-state index in [4.69, 9.17) is 0 Å². The molecule has 3 atom stereocenters. The summed E-state index contributed by atoms with van der Waals surface area (Å²) in [6.07, 6.45) is -3.88. The molecule has 3 N–H and O–H groups in total. The van der Waals surface area contributed by atoms with Crippen LogP contribution in [0, 0.1) is 11.2 Å². The van der Waals surface area contributed by atoms with E-state index in [0.717, 1.165) is 18.9 Å². The van der Waals surface area contributed by atoms with E-state index in [1.807, 2.05) is 6.92 Å². The van der Waals surface area contributed by atoms with Crippen LogP contribution in [0.5, 0.6) is 0 Å². The van der Waals surface area contributed by atoms with E-state index in [9.17, 15) is 27.2 Å². The smallest absolute Gasteiger partial charge is 0.347 e. The van der Waals surface area contributed by atoms with Gasteiger partial charge in [0.25, 0.3) is 0 Å². The summed E-state index contributed by atoms with van der Waals surface area (Å²) in [7, 11) is 3.47. The van der Waals surface area contributed by atoms with Gasteiger partial charge in [0.2, 0.25) is 11.8 Å². The number of nitrogens with zero attached hydrogens (tertiary/aromatic N) is 1. The predicted octanol–water partition coefficient (Wildman–Crippen LogP) is 2.13. The summed E-state index contributed by atoms with van der Waals surface area (Å²) in [5, 5.41) is 8.53. The molecule has 1 saturated carbocycles. The number of hydrogen-bond donors (Lipinski definition) is 3. The Hall–Kier alpha value is -2.20. The summed E-state index contributed by atoms with van der Waals surface area (Å²) in [6, 6.07) is 1.27. The van der Waals surface area contributed by atoms with Crippen LogP contribution in [0.2, 0.25) is 0 Å². The van der Waals surface area contributed by atoms with Gasteiger partial charge < -0.3 is 10.6 Å². The lowest BCUT2D eigenvalue weighted by molar-refractivity contribution is -0.140. The normalized spacial score (nSPS) is 24.8. The molecule has 1 aromatic carbocycles. The maximum Gasteiger partial charge on any atom is 0.419 e. The Morgan fingerprint density at radius 2 is 1.97 bits per heavy atom. The quantitative estimate of drug-likeness (QED) is 0.643. The Kier molecular flexibility index (Phi) is 5.61. The SMILES string of the molecule is CN(C)C1NC(=O)CC(C(=O)N[C@@H](c2ccc(C(F)(F)F)c(F)c2)C2(C)CC2)N1. The lowest BCUT2D eigenvalue weighted by Crippen LogP contribution is -2.65. The number of halogens is 4. The van der Waals surface area contributed by atoms with E-state index in [-0.39, 0.29) is 23.3 Å². The molecule has 2 unspecified atom stereocenters. The highest BCUT2D eigenvalue weighted by Crippen LogP contribution is 2.54. The van der Waals surface area contributed by atoms with Crippen molar-refractivity contribution < 1.29 is 27.2 Å². The minimum Gasteiger partial charge on any atom is -0.347 e. The van der Waals surface area contributed by atoms with E-state index in [2.05, 4.69) is 16.0 Å². The van der Waals surface area contributed by atoms with Gasteiger partial charge in [-0.25, -0.2) is 4.39 Å². The summed E-state index contributed by atoms with van der Waals surface area (Å²) in [6.45, 7) is 1.89. The molecular formula is C19H24F4N4O2. The van der Waals surface area contributed by atoms with Gasteiger partial charge in [-0.15, -0.1) is 0 Å². The number of hydrogen-bond acceptors (Lipinski definition) is 4. The van der Waals surface area contributed by atoms with Gasteiger partial charge in [-0.3, -0.25) is 19.8 Å². The third-order valence-electron chi connectivity index (χ3n) is 5.53. The molecule has 0 aromatic heterocycles. The van der Waals surface area contributed by atoms with Crippen LogP contribution in [0.4, 0.5) is 17.6 Å². The minimum atomic E-state index is -4.79. The van der Waals surface area contributed by atoms with E-state index in [0.29, 0.717) is 6.07 Å². The highest BCUT2D eigenvalue weighted by molar-refractivity contribution is 5.89. The van der Waals surface area contributed by atoms with Crippen LogP contribution < -0.4 is 16.0 Å². The largest absolute Gasteiger partial charge is 0.419 e. The van der Waals surface area contributed by atoms with Crippen LogP contribution in [-0.4, -0.2) is 43.1 Å². The maximum absolute atomic E-state index is 14.1. The fourth-order valence-electron chi connectivity index (χ4n) is 3.46. The summed E-state index contributed by atoms with van der Waals surface area (Å²) >= 11 is 0. The molecule has 160 valence electrons. The zero-order chi connectivity index (χ0) is 21.6. The van der Waals surface area contributed by atoms with E-state index < -0.39 is 41.8 Å². The third kappa shape index (κ3) is 4.69. The first kappa shape index (κ1) is 21.5. The minimum absolute atomic E-state index is 0.0685. The van der Waals surface area contributed by atoms with Gasteiger partial charge in [0.1, 0.15) is 12.1 Å². The van der Waals surface area contributed by atoms with Gasteiger partial charge in [0.05, 0.1) is 24.1 Å². The molecule has 1 aliphatic heterocycles. The molecule has 6 nitrogen and oxygen atoms in total. The summed E-state index contributed by atoms with van der Waals surface area (Å²) in [4.78, 5) is 26.5. The predicted molar refractivity (Wildman–Crippen MR) is 96.8 cm³/mol. The van der Waals surface area contributed by atoms with Crippen LogP contribution in [0.25, 0.3) is 0 Å². The molecule has 3 rings (SSSR count). The molecule has 1 saturated heterocycles. The zero-order valence-electron chi connectivity index (χ0n) is 16.4. The molecule has 2 aliphatic rings. The van der Waals surface area contributed by atoms with Gasteiger partial charge in [-0.1, -0.05) is 13.0 Å². The average Bonchev–Trinajstić information content (AvgIpc) is 3.36. The van der Waals surface area contributed by atoms with Crippen LogP contribution in [0.1, 0.15) is 43.4 Å². The van der Waals surface area contributed by atoms with Crippen molar-refractivity contribution in [3.8, 4) is 0 Å². The first-order chi connectivity index (χ1) is 13.4. The highest BCUT2D eigenvalue weighted by Gasteiger charge is 2.47. The van der Waals surface area contributed by atoms with Gasteiger partial charge in [0, 0.05) is 0 Å². The Balaban J connectivity index is 1.81. The number of benzene rings is 1. The molecule has 10 heteroatoms. The molecule has 0 spiro atoms. The maximum atomic E-state index is 14.1. The molecule has 29 heavy (non-hydrogen) atoms. The summed E-state index contributed by atoms with van der Waals surface area (Å²) in [5.74, 6) is -2.12. The van der Waals surface area contributed by atoms with Gasteiger partial charge >= 0.3 is 6.18 Å². The van der Waals surface area contributed by atoms with Crippen molar-refractivity contribution >= 4 is 11.8 Å². The molecule has 1 aromatic rings. The van der Waals surface area contributed by atoms with Crippen LogP contribution >= 0.6 is 0 Å². The van der Waals surface area contributed by atoms with Gasteiger partial charge in [-0.05, 0) is 50.0 Å². The molecule has 2 amide bonds. The Morgan fingerprint density at radius 1 is 1.31 bits per heavy atom. The lowest BCUT2D eigenvalue weighted by Gasteiger charge is -2.36. The fraction of sp³-hybridized carbons (Fsp3) is 0.579. The van der Waals surface area contributed by atoms with E-state index in [1.54, 1.807) is 19.0 Å². The number of rotatable bonds is 5. The Morgan fingerprint density at radius 3 is 2.48 bits per heavy atom. The number of amides is 2. The molecule has 1 heterocycles. The van der Waals surface area contributed by atoms with Crippen molar-refractivity contribution in [1.82, 2.24) is 20.9 Å². The van der Waals surface area contributed by atoms with Crippen molar-refractivity contribution in [3.05, 3.63) is 35.1 Å². The number of carbonyl (C=O) groups is 2. The first-order valence-corrected chi connectivity index (χ1v) is 9.29. The van der Waals surface area contributed by atoms with E-state index in [1.165, 1.54) is 6.07 Å². The number of carbonyl (C=O) groups excluding carboxylic acids is 2. The molecule has 2 fully saturated rings. The monoisotopic (exact) mass is 416 g/mol. The van der Waals surface area contributed by atoms with Gasteiger partial charge in [-0.2, -0.15) is 13.2 Å². The highest BCUT2D eigenvalue weighted by atomic mass is 19.4. The topological polar surface area (TPSA) is 73.5 Å². The summed E-state index contributed by atoms with van der Waals surface area (Å²) < 4.78 is 52.7. The zero-order valence-corrected chi connectivity index (χ0v) is 16.4. The lowest BCUT2D eigenvalue weighted by atomic mass is 9.90. The third-order valence-corrected chi connectivity index (χ3v) is 5.53. The Bertz CT molecular complexity index is 808. The molecule has 0 bridgehead atoms. The van der Waals surface area contributed by atoms with Crippen LogP contribution in [0.15, 0.2) is 18.2 Å². The van der Waals surface area contributed by atoms with Crippen molar-refractivity contribution in [2.75, 3.05) is 14.1 Å².